The molecule has 2 aromatic heterocycles. The van der Waals surface area contributed by atoms with E-state index in [-0.39, 0.29) is 0 Å². The van der Waals surface area contributed by atoms with Crippen molar-refractivity contribution in [1.29, 1.82) is 0 Å². The second-order valence-electron chi connectivity index (χ2n) is 3.38. The zero-order valence-electron chi connectivity index (χ0n) is 8.90. The predicted molar refractivity (Wildman–Crippen MR) is 68.6 cm³/mol. The minimum absolute atomic E-state index is 0.483. The van der Waals surface area contributed by atoms with Crippen molar-refractivity contribution in [3.63, 3.8) is 0 Å². The lowest BCUT2D eigenvalue weighted by molar-refractivity contribution is 0.837. The summed E-state index contributed by atoms with van der Waals surface area (Å²) in [4.78, 5) is 8.57. The molecular weight excluding hydrogens is 242 g/mol. The summed E-state index contributed by atoms with van der Waals surface area (Å²) in [6.07, 6.45) is 1.86. The number of halogens is 1. The number of hydrogen-bond acceptors (Lipinski definition) is 4. The van der Waals surface area contributed by atoms with Crippen LogP contribution < -0.4 is 5.32 Å². The summed E-state index contributed by atoms with van der Waals surface area (Å²) in [5.74, 6) is 1.54. The van der Waals surface area contributed by atoms with Crippen molar-refractivity contribution < 1.29 is 0 Å². The molecule has 0 atom stereocenters. The van der Waals surface area contributed by atoms with E-state index in [4.69, 9.17) is 11.6 Å². The van der Waals surface area contributed by atoms with Crippen LogP contribution >= 0.6 is 22.9 Å². The van der Waals surface area contributed by atoms with Gasteiger partial charge in [0.1, 0.15) is 16.8 Å². The van der Waals surface area contributed by atoms with Crippen molar-refractivity contribution in [2.24, 2.45) is 0 Å². The number of thiophene rings is 1. The summed E-state index contributed by atoms with van der Waals surface area (Å²) in [5.41, 5.74) is 1.03. The van der Waals surface area contributed by atoms with Crippen LogP contribution in [0.15, 0.2) is 22.9 Å². The molecule has 0 fully saturated rings. The van der Waals surface area contributed by atoms with Crippen LogP contribution in [-0.2, 0) is 6.42 Å². The van der Waals surface area contributed by atoms with Crippen molar-refractivity contribution in [3.05, 3.63) is 33.9 Å². The Labute approximate surface area is 104 Å². The molecule has 0 bridgehead atoms. The highest BCUT2D eigenvalue weighted by Crippen LogP contribution is 2.19. The first-order valence-corrected chi connectivity index (χ1v) is 6.42. The van der Waals surface area contributed by atoms with Crippen LogP contribution in [-0.4, -0.2) is 9.97 Å². The molecule has 0 spiro atoms. The van der Waals surface area contributed by atoms with Crippen LogP contribution in [0.1, 0.15) is 19.2 Å². The SMILES string of the molecule is CCCc1nc(Cl)cc(Nc2ccsc2)n1. The van der Waals surface area contributed by atoms with Gasteiger partial charge < -0.3 is 5.32 Å². The van der Waals surface area contributed by atoms with Gasteiger partial charge in [0, 0.05) is 17.9 Å². The lowest BCUT2D eigenvalue weighted by atomic mass is 10.3. The Morgan fingerprint density at radius 1 is 1.44 bits per heavy atom. The molecule has 0 saturated heterocycles. The number of nitrogens with zero attached hydrogens (tertiary/aromatic N) is 2. The fourth-order valence-electron chi connectivity index (χ4n) is 1.35. The van der Waals surface area contributed by atoms with Gasteiger partial charge in [0.25, 0.3) is 0 Å². The maximum absolute atomic E-state index is 5.94. The van der Waals surface area contributed by atoms with Crippen LogP contribution in [0.4, 0.5) is 11.5 Å². The number of hydrogen-bond donors (Lipinski definition) is 1. The fraction of sp³-hybridized carbons (Fsp3) is 0.273. The molecule has 84 valence electrons. The predicted octanol–water partition coefficient (Wildman–Crippen LogP) is 3.89. The Balaban J connectivity index is 2.20. The molecule has 0 aliphatic carbocycles. The van der Waals surface area contributed by atoms with Crippen molar-refractivity contribution in [2.75, 3.05) is 5.32 Å². The van der Waals surface area contributed by atoms with Crippen LogP contribution in [0.25, 0.3) is 0 Å². The van der Waals surface area contributed by atoms with Gasteiger partial charge in [0.15, 0.2) is 0 Å². The third kappa shape index (κ3) is 2.93. The van der Waals surface area contributed by atoms with Crippen LogP contribution in [0, 0.1) is 0 Å². The molecule has 0 saturated carbocycles. The first kappa shape index (κ1) is 11.4. The maximum Gasteiger partial charge on any atom is 0.135 e. The molecule has 2 heterocycles. The highest BCUT2D eigenvalue weighted by Gasteiger charge is 2.03. The Morgan fingerprint density at radius 3 is 3.00 bits per heavy atom. The number of rotatable bonds is 4. The van der Waals surface area contributed by atoms with Crippen LogP contribution in [0.5, 0.6) is 0 Å². The van der Waals surface area contributed by atoms with Gasteiger partial charge in [-0.15, -0.1) is 0 Å². The maximum atomic E-state index is 5.94. The Kier molecular flexibility index (Phi) is 3.74. The molecule has 0 amide bonds. The Bertz CT molecular complexity index is 456. The average Bonchev–Trinajstić information content (AvgIpc) is 2.70. The molecule has 0 unspecified atom stereocenters. The van der Waals surface area contributed by atoms with Crippen LogP contribution in [0.2, 0.25) is 5.15 Å². The van der Waals surface area contributed by atoms with E-state index in [1.807, 2.05) is 16.8 Å². The summed E-state index contributed by atoms with van der Waals surface area (Å²) in [7, 11) is 0. The molecule has 3 nitrogen and oxygen atoms in total. The summed E-state index contributed by atoms with van der Waals surface area (Å²) in [6.45, 7) is 2.09. The van der Waals surface area contributed by atoms with E-state index in [9.17, 15) is 0 Å². The lowest BCUT2D eigenvalue weighted by Gasteiger charge is -2.05. The number of anilines is 2. The van der Waals surface area contributed by atoms with Gasteiger partial charge in [0.05, 0.1) is 5.69 Å². The number of aromatic nitrogens is 2. The zero-order valence-corrected chi connectivity index (χ0v) is 10.5. The van der Waals surface area contributed by atoms with E-state index >= 15 is 0 Å². The first-order chi connectivity index (χ1) is 7.78. The molecule has 0 radical (unpaired) electrons. The van der Waals surface area contributed by atoms with Crippen LogP contribution in [0.3, 0.4) is 0 Å². The summed E-state index contributed by atoms with van der Waals surface area (Å²) < 4.78 is 0. The van der Waals surface area contributed by atoms with Crippen molar-refractivity contribution in [2.45, 2.75) is 19.8 Å². The molecule has 1 N–H and O–H groups in total. The fourth-order valence-corrected chi connectivity index (χ4v) is 2.14. The molecule has 0 aliphatic rings. The molecule has 16 heavy (non-hydrogen) atoms. The molecule has 2 rings (SSSR count). The highest BCUT2D eigenvalue weighted by atomic mass is 35.5. The van der Waals surface area contributed by atoms with E-state index in [1.54, 1.807) is 17.4 Å². The number of nitrogens with one attached hydrogen (secondary N) is 1. The van der Waals surface area contributed by atoms with Gasteiger partial charge in [0.2, 0.25) is 0 Å². The monoisotopic (exact) mass is 253 g/mol. The van der Waals surface area contributed by atoms with Gasteiger partial charge in [-0.25, -0.2) is 9.97 Å². The minimum Gasteiger partial charge on any atom is -0.339 e. The molecular formula is C11H12ClN3S. The van der Waals surface area contributed by atoms with E-state index in [0.29, 0.717) is 5.15 Å². The van der Waals surface area contributed by atoms with Gasteiger partial charge in [-0.05, 0) is 17.9 Å². The van der Waals surface area contributed by atoms with E-state index < -0.39 is 0 Å². The van der Waals surface area contributed by atoms with E-state index in [1.165, 1.54) is 0 Å². The Morgan fingerprint density at radius 2 is 2.31 bits per heavy atom. The molecule has 2 aromatic rings. The number of aryl methyl sites for hydroxylation is 1. The molecule has 0 aliphatic heterocycles. The van der Waals surface area contributed by atoms with Gasteiger partial charge >= 0.3 is 0 Å². The lowest BCUT2D eigenvalue weighted by Crippen LogP contribution is -1.99. The first-order valence-electron chi connectivity index (χ1n) is 5.10. The Hall–Kier alpha value is -1.13. The normalized spacial score (nSPS) is 10.4. The smallest absolute Gasteiger partial charge is 0.135 e. The van der Waals surface area contributed by atoms with E-state index in [0.717, 1.165) is 30.2 Å². The minimum atomic E-state index is 0.483. The summed E-state index contributed by atoms with van der Waals surface area (Å²) in [5, 5.41) is 7.72. The standard InChI is InChI=1S/C11H12ClN3S/c1-2-3-10-14-9(12)6-11(15-10)13-8-4-5-16-7-8/h4-7H,2-3H2,1H3,(H,13,14,15). The summed E-state index contributed by atoms with van der Waals surface area (Å²) in [6, 6.07) is 3.73. The van der Waals surface area contributed by atoms with Gasteiger partial charge in [-0.1, -0.05) is 18.5 Å². The summed E-state index contributed by atoms with van der Waals surface area (Å²) >= 11 is 7.58. The molecule has 0 aromatic carbocycles. The highest BCUT2D eigenvalue weighted by molar-refractivity contribution is 7.08. The van der Waals surface area contributed by atoms with E-state index in [2.05, 4.69) is 22.2 Å². The van der Waals surface area contributed by atoms with Crippen molar-refractivity contribution >= 4 is 34.4 Å². The second-order valence-corrected chi connectivity index (χ2v) is 4.55. The zero-order chi connectivity index (χ0) is 11.4. The third-order valence-corrected chi connectivity index (χ3v) is 2.89. The second kappa shape index (κ2) is 5.27. The largest absolute Gasteiger partial charge is 0.339 e. The quantitative estimate of drug-likeness (QED) is 0.840. The van der Waals surface area contributed by atoms with Crippen molar-refractivity contribution in [1.82, 2.24) is 9.97 Å². The van der Waals surface area contributed by atoms with Gasteiger partial charge in [-0.2, -0.15) is 11.3 Å². The third-order valence-electron chi connectivity index (χ3n) is 2.01. The molecule has 5 heteroatoms. The van der Waals surface area contributed by atoms with Crippen molar-refractivity contribution in [3.8, 4) is 0 Å². The topological polar surface area (TPSA) is 37.8 Å². The average molecular weight is 254 g/mol. The van der Waals surface area contributed by atoms with Gasteiger partial charge in [-0.3, -0.25) is 0 Å².